The minimum Gasteiger partial charge on any atom is -0.259 e. The average molecular weight is 190 g/mol. The van der Waals surface area contributed by atoms with Crippen molar-refractivity contribution < 1.29 is 0 Å². The van der Waals surface area contributed by atoms with E-state index < -0.39 is 0 Å². The van der Waals surface area contributed by atoms with Gasteiger partial charge < -0.3 is 0 Å². The molecule has 3 heteroatoms. The van der Waals surface area contributed by atoms with Gasteiger partial charge in [0.15, 0.2) is 0 Å². The summed E-state index contributed by atoms with van der Waals surface area (Å²) < 4.78 is 0. The smallest absolute Gasteiger partial charge is 0.0810 e. The summed E-state index contributed by atoms with van der Waals surface area (Å²) in [5, 5.41) is 1.15. The maximum Gasteiger partial charge on any atom is 0.0810 e. The van der Waals surface area contributed by atoms with Crippen molar-refractivity contribution in [1.29, 1.82) is 0 Å². The minimum atomic E-state index is 0.321. The zero-order valence-electron chi connectivity index (χ0n) is 6.44. The van der Waals surface area contributed by atoms with Gasteiger partial charge in [-0.3, -0.25) is 4.98 Å². The second-order valence-electron chi connectivity index (χ2n) is 2.65. The Hall–Kier alpha value is -0.270. The second-order valence-corrected chi connectivity index (χ2v) is 3.43. The third-order valence-electron chi connectivity index (χ3n) is 1.42. The number of nitrogens with zero attached hydrogens (tertiary/aromatic N) is 1. The van der Waals surface area contributed by atoms with Gasteiger partial charge in [-0.15, -0.1) is 0 Å². The lowest BCUT2D eigenvalue weighted by Crippen LogP contribution is -1.92. The van der Waals surface area contributed by atoms with Gasteiger partial charge in [0.2, 0.25) is 0 Å². The van der Waals surface area contributed by atoms with Gasteiger partial charge in [0.05, 0.1) is 15.7 Å². The largest absolute Gasteiger partial charge is 0.259 e. The van der Waals surface area contributed by atoms with Crippen molar-refractivity contribution in [1.82, 2.24) is 4.98 Å². The van der Waals surface area contributed by atoms with Crippen LogP contribution in [-0.2, 0) is 0 Å². The highest BCUT2D eigenvalue weighted by Crippen LogP contribution is 2.28. The van der Waals surface area contributed by atoms with E-state index in [0.717, 1.165) is 5.69 Å². The molecule has 0 saturated heterocycles. The van der Waals surface area contributed by atoms with Gasteiger partial charge in [0.1, 0.15) is 0 Å². The molecule has 0 aliphatic heterocycles. The number of pyridine rings is 1. The Morgan fingerprint density at radius 3 is 2.45 bits per heavy atom. The molecule has 0 spiro atoms. The molecule has 0 radical (unpaired) electrons. The number of halogens is 2. The number of hydrogen-bond donors (Lipinski definition) is 0. The summed E-state index contributed by atoms with van der Waals surface area (Å²) in [4.78, 5) is 4.12. The Morgan fingerprint density at radius 1 is 1.36 bits per heavy atom. The van der Waals surface area contributed by atoms with E-state index in [1.807, 2.05) is 13.8 Å². The zero-order valence-corrected chi connectivity index (χ0v) is 7.95. The van der Waals surface area contributed by atoms with Crippen LogP contribution < -0.4 is 0 Å². The number of rotatable bonds is 1. The standard InChI is InChI=1S/C8H9Cl2N/c1-5(2)8-7(10)6(9)3-4-11-8/h3-5H,1-2H3. The molecule has 0 aromatic carbocycles. The van der Waals surface area contributed by atoms with Crippen molar-refractivity contribution in [3.63, 3.8) is 0 Å². The van der Waals surface area contributed by atoms with Crippen molar-refractivity contribution in [2.45, 2.75) is 19.8 Å². The number of aromatic nitrogens is 1. The molecule has 0 aliphatic rings. The van der Waals surface area contributed by atoms with Crippen LogP contribution in [0.25, 0.3) is 0 Å². The topological polar surface area (TPSA) is 12.9 Å². The van der Waals surface area contributed by atoms with E-state index in [4.69, 9.17) is 23.2 Å². The Balaban J connectivity index is 3.17. The van der Waals surface area contributed by atoms with E-state index in [9.17, 15) is 0 Å². The summed E-state index contributed by atoms with van der Waals surface area (Å²) in [6.07, 6.45) is 1.67. The first-order chi connectivity index (χ1) is 5.13. The van der Waals surface area contributed by atoms with Gasteiger partial charge in [0.25, 0.3) is 0 Å². The summed E-state index contributed by atoms with van der Waals surface area (Å²) in [7, 11) is 0. The lowest BCUT2D eigenvalue weighted by atomic mass is 10.1. The lowest BCUT2D eigenvalue weighted by Gasteiger charge is -2.06. The normalized spacial score (nSPS) is 10.6. The third kappa shape index (κ3) is 1.85. The van der Waals surface area contributed by atoms with Crippen LogP contribution >= 0.6 is 23.2 Å². The lowest BCUT2D eigenvalue weighted by molar-refractivity contribution is 0.823. The molecule has 0 aliphatic carbocycles. The molecule has 0 saturated carbocycles. The SMILES string of the molecule is CC(C)c1nccc(Cl)c1Cl. The first-order valence-corrected chi connectivity index (χ1v) is 4.18. The fraction of sp³-hybridized carbons (Fsp3) is 0.375. The summed E-state index contributed by atoms with van der Waals surface area (Å²) in [6.45, 7) is 4.06. The minimum absolute atomic E-state index is 0.321. The van der Waals surface area contributed by atoms with Crippen molar-refractivity contribution in [2.24, 2.45) is 0 Å². The Morgan fingerprint density at radius 2 is 2.00 bits per heavy atom. The van der Waals surface area contributed by atoms with Gasteiger partial charge >= 0.3 is 0 Å². The van der Waals surface area contributed by atoms with Crippen LogP contribution in [0.1, 0.15) is 25.5 Å². The van der Waals surface area contributed by atoms with E-state index >= 15 is 0 Å². The second kappa shape index (κ2) is 3.42. The van der Waals surface area contributed by atoms with E-state index in [-0.39, 0.29) is 0 Å². The van der Waals surface area contributed by atoms with Crippen LogP contribution in [-0.4, -0.2) is 4.98 Å². The first kappa shape index (κ1) is 8.82. The van der Waals surface area contributed by atoms with E-state index in [1.165, 1.54) is 0 Å². The molecule has 0 atom stereocenters. The molecule has 0 fully saturated rings. The van der Waals surface area contributed by atoms with Crippen LogP contribution in [0.4, 0.5) is 0 Å². The van der Waals surface area contributed by atoms with Crippen molar-refractivity contribution in [3.05, 3.63) is 28.0 Å². The maximum absolute atomic E-state index is 5.89. The van der Waals surface area contributed by atoms with Gasteiger partial charge in [-0.2, -0.15) is 0 Å². The van der Waals surface area contributed by atoms with Gasteiger partial charge in [0, 0.05) is 6.20 Å². The summed E-state index contributed by atoms with van der Waals surface area (Å²) in [5.41, 5.74) is 0.860. The van der Waals surface area contributed by atoms with E-state index in [1.54, 1.807) is 12.3 Å². The van der Waals surface area contributed by atoms with Crippen LogP contribution in [0.15, 0.2) is 12.3 Å². The average Bonchev–Trinajstić information content (AvgIpc) is 1.94. The van der Waals surface area contributed by atoms with Crippen LogP contribution in [0.2, 0.25) is 10.0 Å². The molecule has 0 bridgehead atoms. The molecule has 60 valence electrons. The molecule has 0 N–H and O–H groups in total. The monoisotopic (exact) mass is 189 g/mol. The number of hydrogen-bond acceptors (Lipinski definition) is 1. The fourth-order valence-electron chi connectivity index (χ4n) is 0.838. The first-order valence-electron chi connectivity index (χ1n) is 3.43. The highest BCUT2D eigenvalue weighted by Gasteiger charge is 2.08. The van der Waals surface area contributed by atoms with Crippen LogP contribution in [0.3, 0.4) is 0 Å². The maximum atomic E-state index is 5.89. The van der Waals surface area contributed by atoms with Crippen LogP contribution in [0, 0.1) is 0 Å². The molecule has 1 nitrogen and oxygen atoms in total. The van der Waals surface area contributed by atoms with Crippen molar-refractivity contribution in [3.8, 4) is 0 Å². The Bertz CT molecular complexity index is 258. The van der Waals surface area contributed by atoms with E-state index in [0.29, 0.717) is 16.0 Å². The van der Waals surface area contributed by atoms with Gasteiger partial charge in [-0.05, 0) is 12.0 Å². The molecule has 1 aromatic rings. The van der Waals surface area contributed by atoms with Gasteiger partial charge in [-0.1, -0.05) is 37.0 Å². The fourth-order valence-corrected chi connectivity index (χ4v) is 1.32. The molecular formula is C8H9Cl2N. The summed E-state index contributed by atoms with van der Waals surface area (Å²) in [6, 6.07) is 1.69. The molecule has 0 unspecified atom stereocenters. The third-order valence-corrected chi connectivity index (χ3v) is 2.22. The Labute approximate surface area is 76.4 Å². The molecule has 1 heterocycles. The van der Waals surface area contributed by atoms with Crippen LogP contribution in [0.5, 0.6) is 0 Å². The quantitative estimate of drug-likeness (QED) is 0.660. The highest BCUT2D eigenvalue weighted by atomic mass is 35.5. The Kier molecular flexibility index (Phi) is 2.74. The van der Waals surface area contributed by atoms with E-state index in [2.05, 4.69) is 4.98 Å². The van der Waals surface area contributed by atoms with Crippen molar-refractivity contribution in [2.75, 3.05) is 0 Å². The predicted octanol–water partition coefficient (Wildman–Crippen LogP) is 3.51. The molecule has 11 heavy (non-hydrogen) atoms. The summed E-state index contributed by atoms with van der Waals surface area (Å²) >= 11 is 11.7. The molecule has 1 aromatic heterocycles. The molecular weight excluding hydrogens is 181 g/mol. The van der Waals surface area contributed by atoms with Crippen molar-refractivity contribution >= 4 is 23.2 Å². The molecule has 0 amide bonds. The summed E-state index contributed by atoms with van der Waals surface area (Å²) in [5.74, 6) is 0.321. The molecule has 1 rings (SSSR count). The predicted molar refractivity (Wildman–Crippen MR) is 48.3 cm³/mol. The van der Waals surface area contributed by atoms with Gasteiger partial charge in [-0.25, -0.2) is 0 Å². The zero-order chi connectivity index (χ0) is 8.43. The highest BCUT2D eigenvalue weighted by molar-refractivity contribution is 6.42.